The van der Waals surface area contributed by atoms with Crippen LogP contribution >= 0.6 is 0 Å². The summed E-state index contributed by atoms with van der Waals surface area (Å²) in [7, 11) is 2.84. The van der Waals surface area contributed by atoms with E-state index in [-0.39, 0.29) is 6.42 Å². The molecule has 1 rings (SSSR count). The molecule has 0 aliphatic heterocycles. The van der Waals surface area contributed by atoms with Crippen LogP contribution in [0, 0.1) is 23.2 Å². The van der Waals surface area contributed by atoms with Crippen LogP contribution in [-0.2, 0) is 9.53 Å². The smallest absolute Gasteiger partial charge is 0.317 e. The molecule has 0 aromatic heterocycles. The molecule has 0 amide bonds. The van der Waals surface area contributed by atoms with Gasteiger partial charge in [-0.15, -0.1) is 0 Å². The van der Waals surface area contributed by atoms with Gasteiger partial charge in [-0.25, -0.2) is 0 Å². The molecule has 0 N–H and O–H groups in total. The van der Waals surface area contributed by atoms with Crippen molar-refractivity contribution in [1.82, 2.24) is 0 Å². The average Bonchev–Trinajstić information content (AvgIpc) is 2.38. The molecule has 0 heterocycles. The SMILES string of the molecule is COC(=O)CC#Cc1cc(OC)ccc1C#N. The van der Waals surface area contributed by atoms with Gasteiger partial charge in [-0.05, 0) is 18.2 Å². The van der Waals surface area contributed by atoms with E-state index in [9.17, 15) is 4.79 Å². The number of methoxy groups -OCH3 is 2. The zero-order valence-corrected chi connectivity index (χ0v) is 9.61. The normalized spacial score (nSPS) is 8.53. The van der Waals surface area contributed by atoms with Crippen molar-refractivity contribution in [2.45, 2.75) is 6.42 Å². The molecule has 0 unspecified atom stereocenters. The highest BCUT2D eigenvalue weighted by Crippen LogP contribution is 2.16. The summed E-state index contributed by atoms with van der Waals surface area (Å²) in [6, 6.07) is 6.99. The first kappa shape index (κ1) is 12.6. The first-order chi connectivity index (χ1) is 8.21. The van der Waals surface area contributed by atoms with Gasteiger partial charge in [0.1, 0.15) is 18.2 Å². The molecule has 0 aliphatic rings. The Morgan fingerprint density at radius 3 is 2.71 bits per heavy atom. The lowest BCUT2D eigenvalue weighted by molar-refractivity contribution is -0.139. The van der Waals surface area contributed by atoms with E-state index in [1.807, 2.05) is 6.07 Å². The number of nitriles is 1. The largest absolute Gasteiger partial charge is 0.497 e. The zero-order chi connectivity index (χ0) is 12.7. The Bertz CT molecular complexity index is 518. The first-order valence-electron chi connectivity index (χ1n) is 4.85. The molecular formula is C13H11NO3. The van der Waals surface area contributed by atoms with Crippen molar-refractivity contribution in [2.24, 2.45) is 0 Å². The van der Waals surface area contributed by atoms with Gasteiger partial charge in [-0.3, -0.25) is 4.79 Å². The molecule has 17 heavy (non-hydrogen) atoms. The van der Waals surface area contributed by atoms with Crippen LogP contribution in [0.15, 0.2) is 18.2 Å². The minimum Gasteiger partial charge on any atom is -0.497 e. The summed E-state index contributed by atoms with van der Waals surface area (Å²) in [5.41, 5.74) is 0.985. The third kappa shape index (κ3) is 3.55. The second kappa shape index (κ2) is 6.19. The van der Waals surface area contributed by atoms with E-state index in [4.69, 9.17) is 10.00 Å². The maximum atomic E-state index is 10.9. The summed E-state index contributed by atoms with van der Waals surface area (Å²) >= 11 is 0. The Morgan fingerprint density at radius 2 is 2.12 bits per heavy atom. The lowest BCUT2D eigenvalue weighted by Crippen LogP contribution is -1.97. The summed E-state index contributed by atoms with van der Waals surface area (Å²) in [5, 5.41) is 8.89. The fourth-order valence-electron chi connectivity index (χ4n) is 1.14. The molecule has 86 valence electrons. The van der Waals surface area contributed by atoms with Gasteiger partial charge >= 0.3 is 5.97 Å². The van der Waals surface area contributed by atoms with Gasteiger partial charge in [0.2, 0.25) is 0 Å². The van der Waals surface area contributed by atoms with Crippen LogP contribution in [0.5, 0.6) is 5.75 Å². The van der Waals surface area contributed by atoms with Crippen LogP contribution in [-0.4, -0.2) is 20.2 Å². The van der Waals surface area contributed by atoms with Crippen LogP contribution in [0.3, 0.4) is 0 Å². The number of hydrogen-bond donors (Lipinski definition) is 0. The Kier molecular flexibility index (Phi) is 4.59. The molecule has 1 aromatic carbocycles. The molecule has 0 spiro atoms. The lowest BCUT2D eigenvalue weighted by atomic mass is 10.1. The molecule has 0 saturated carbocycles. The summed E-state index contributed by atoms with van der Waals surface area (Å²) in [5.74, 6) is 5.61. The quantitative estimate of drug-likeness (QED) is 0.569. The minimum absolute atomic E-state index is 0.00141. The Balaban J connectivity index is 2.96. The van der Waals surface area contributed by atoms with Crippen molar-refractivity contribution in [3.8, 4) is 23.7 Å². The molecule has 4 nitrogen and oxygen atoms in total. The highest BCUT2D eigenvalue weighted by atomic mass is 16.5. The molecule has 0 radical (unpaired) electrons. The average molecular weight is 229 g/mol. The van der Waals surface area contributed by atoms with Crippen LogP contribution in [0.25, 0.3) is 0 Å². The Hall–Kier alpha value is -2.46. The fraction of sp³-hybridized carbons (Fsp3) is 0.231. The van der Waals surface area contributed by atoms with Gasteiger partial charge in [0.25, 0.3) is 0 Å². The fourth-order valence-corrected chi connectivity index (χ4v) is 1.14. The number of benzene rings is 1. The van der Waals surface area contributed by atoms with Crippen molar-refractivity contribution < 1.29 is 14.3 Å². The number of esters is 1. The summed E-state index contributed by atoms with van der Waals surface area (Å²) in [6.07, 6.45) is -0.00141. The highest BCUT2D eigenvalue weighted by molar-refractivity contribution is 5.72. The van der Waals surface area contributed by atoms with Gasteiger partial charge < -0.3 is 9.47 Å². The standard InChI is InChI=1S/C13H11NO3/c1-16-12-7-6-11(9-14)10(8-12)4-3-5-13(15)17-2/h6-8H,5H2,1-2H3. The summed E-state index contributed by atoms with van der Waals surface area (Å²) in [4.78, 5) is 10.9. The summed E-state index contributed by atoms with van der Waals surface area (Å²) in [6.45, 7) is 0. The Morgan fingerprint density at radius 1 is 1.35 bits per heavy atom. The molecule has 0 fully saturated rings. The van der Waals surface area contributed by atoms with E-state index in [2.05, 4.69) is 16.6 Å². The van der Waals surface area contributed by atoms with Gasteiger partial charge in [0, 0.05) is 5.56 Å². The van der Waals surface area contributed by atoms with Crippen molar-refractivity contribution in [3.05, 3.63) is 29.3 Å². The van der Waals surface area contributed by atoms with E-state index < -0.39 is 5.97 Å². The van der Waals surface area contributed by atoms with E-state index in [1.54, 1.807) is 18.2 Å². The molecular weight excluding hydrogens is 218 g/mol. The zero-order valence-electron chi connectivity index (χ0n) is 9.61. The number of ether oxygens (including phenoxy) is 2. The summed E-state index contributed by atoms with van der Waals surface area (Å²) < 4.78 is 9.49. The molecule has 0 aliphatic carbocycles. The van der Waals surface area contributed by atoms with Gasteiger partial charge in [-0.1, -0.05) is 11.8 Å². The third-order valence-corrected chi connectivity index (χ3v) is 2.03. The lowest BCUT2D eigenvalue weighted by Gasteiger charge is -2.00. The van der Waals surface area contributed by atoms with E-state index >= 15 is 0 Å². The number of rotatable bonds is 2. The highest BCUT2D eigenvalue weighted by Gasteiger charge is 2.01. The predicted molar refractivity (Wildman–Crippen MR) is 61.2 cm³/mol. The van der Waals surface area contributed by atoms with Crippen molar-refractivity contribution in [1.29, 1.82) is 5.26 Å². The van der Waals surface area contributed by atoms with Crippen molar-refractivity contribution >= 4 is 5.97 Å². The molecule has 0 atom stereocenters. The van der Waals surface area contributed by atoms with Crippen LogP contribution in [0.1, 0.15) is 17.5 Å². The van der Waals surface area contributed by atoms with Crippen LogP contribution in [0.2, 0.25) is 0 Å². The monoisotopic (exact) mass is 229 g/mol. The number of hydrogen-bond acceptors (Lipinski definition) is 4. The second-order valence-corrected chi connectivity index (χ2v) is 3.08. The molecule has 1 aromatic rings. The third-order valence-electron chi connectivity index (χ3n) is 2.03. The van der Waals surface area contributed by atoms with E-state index in [0.717, 1.165) is 0 Å². The predicted octanol–water partition coefficient (Wildman–Crippen LogP) is 1.48. The molecule has 4 heteroatoms. The van der Waals surface area contributed by atoms with E-state index in [0.29, 0.717) is 16.9 Å². The molecule has 0 saturated heterocycles. The second-order valence-electron chi connectivity index (χ2n) is 3.08. The number of carbonyl (C=O) groups is 1. The van der Waals surface area contributed by atoms with Crippen molar-refractivity contribution in [2.75, 3.05) is 14.2 Å². The van der Waals surface area contributed by atoms with Crippen molar-refractivity contribution in [3.63, 3.8) is 0 Å². The van der Waals surface area contributed by atoms with E-state index in [1.165, 1.54) is 14.2 Å². The topological polar surface area (TPSA) is 59.3 Å². The first-order valence-corrected chi connectivity index (χ1v) is 4.85. The van der Waals surface area contributed by atoms with Gasteiger partial charge in [-0.2, -0.15) is 5.26 Å². The van der Waals surface area contributed by atoms with Crippen LogP contribution in [0.4, 0.5) is 0 Å². The number of nitrogens with zero attached hydrogens (tertiary/aromatic N) is 1. The molecule has 0 bridgehead atoms. The Labute approximate surface area is 99.8 Å². The maximum absolute atomic E-state index is 10.9. The minimum atomic E-state index is -0.404. The van der Waals surface area contributed by atoms with Gasteiger partial charge in [0.15, 0.2) is 0 Å². The number of carbonyl (C=O) groups excluding carboxylic acids is 1. The van der Waals surface area contributed by atoms with Gasteiger partial charge in [0.05, 0.1) is 19.8 Å². The maximum Gasteiger partial charge on any atom is 0.317 e. The van der Waals surface area contributed by atoms with Crippen LogP contribution < -0.4 is 4.74 Å².